The number of ether oxygens (including phenoxy) is 3. The van der Waals surface area contributed by atoms with Crippen LogP contribution in [-0.2, 0) is 14.2 Å². The lowest BCUT2D eigenvalue weighted by atomic mass is 10.1. The molecule has 31 heavy (non-hydrogen) atoms. The second-order valence-electron chi connectivity index (χ2n) is 6.94. The molecule has 4 rings (SSSR count). The monoisotopic (exact) mass is 427 g/mol. The van der Waals surface area contributed by atoms with Crippen molar-refractivity contribution in [1.82, 2.24) is 15.0 Å². The molecule has 2 aliphatic heterocycles. The number of anilines is 3. The summed E-state index contributed by atoms with van der Waals surface area (Å²) in [7, 11) is 1.35. The van der Waals surface area contributed by atoms with Crippen molar-refractivity contribution in [1.29, 1.82) is 0 Å². The summed E-state index contributed by atoms with van der Waals surface area (Å²) in [6.45, 7) is 5.46. The summed E-state index contributed by atoms with van der Waals surface area (Å²) in [6, 6.07) is 6.93. The molecule has 0 saturated carbocycles. The van der Waals surface area contributed by atoms with Crippen molar-refractivity contribution in [3.63, 3.8) is 0 Å². The van der Waals surface area contributed by atoms with Gasteiger partial charge in [-0.15, -0.1) is 0 Å². The molecule has 1 N–H and O–H groups in total. The van der Waals surface area contributed by atoms with Gasteiger partial charge in [-0.05, 0) is 17.7 Å². The van der Waals surface area contributed by atoms with Gasteiger partial charge in [-0.25, -0.2) is 10.2 Å². The van der Waals surface area contributed by atoms with Gasteiger partial charge in [0.05, 0.1) is 45.3 Å². The number of carbonyl (C=O) groups excluding carboxylic acids is 1. The van der Waals surface area contributed by atoms with Crippen LogP contribution in [0.5, 0.6) is 0 Å². The first kappa shape index (κ1) is 20.9. The van der Waals surface area contributed by atoms with E-state index in [1.54, 1.807) is 30.5 Å². The molecule has 2 aromatic rings. The molecular weight excluding hydrogens is 402 g/mol. The van der Waals surface area contributed by atoms with Gasteiger partial charge in [0.2, 0.25) is 17.8 Å². The zero-order valence-electron chi connectivity index (χ0n) is 17.4. The summed E-state index contributed by atoms with van der Waals surface area (Å²) in [5.74, 6) is 1.18. The van der Waals surface area contributed by atoms with Gasteiger partial charge in [-0.1, -0.05) is 12.1 Å². The molecule has 0 unspecified atom stereocenters. The van der Waals surface area contributed by atoms with E-state index in [1.165, 1.54) is 7.11 Å². The Morgan fingerprint density at radius 2 is 1.52 bits per heavy atom. The topological polar surface area (TPSA) is 114 Å². The van der Waals surface area contributed by atoms with Crippen LogP contribution in [0.4, 0.5) is 17.8 Å². The highest BCUT2D eigenvalue weighted by Gasteiger charge is 2.20. The molecule has 0 amide bonds. The van der Waals surface area contributed by atoms with E-state index in [2.05, 4.69) is 35.3 Å². The second kappa shape index (κ2) is 10.1. The fourth-order valence-corrected chi connectivity index (χ4v) is 3.20. The number of methoxy groups -OCH3 is 1. The molecule has 164 valence electrons. The first-order valence-corrected chi connectivity index (χ1v) is 10.1. The average Bonchev–Trinajstić information content (AvgIpc) is 2.85. The number of hydrazone groups is 1. The van der Waals surface area contributed by atoms with E-state index in [0.717, 1.165) is 31.7 Å². The van der Waals surface area contributed by atoms with E-state index in [-0.39, 0.29) is 5.97 Å². The molecule has 11 heteroatoms. The van der Waals surface area contributed by atoms with Gasteiger partial charge in [0, 0.05) is 26.2 Å². The third-order valence-corrected chi connectivity index (χ3v) is 4.91. The number of hydrogen-bond acceptors (Lipinski definition) is 11. The van der Waals surface area contributed by atoms with Crippen molar-refractivity contribution < 1.29 is 19.0 Å². The van der Waals surface area contributed by atoms with Crippen molar-refractivity contribution in [3.8, 4) is 0 Å². The minimum atomic E-state index is -0.377. The van der Waals surface area contributed by atoms with Gasteiger partial charge < -0.3 is 24.0 Å². The number of hydrogen-bond donors (Lipinski definition) is 1. The SMILES string of the molecule is COC(=O)c1ccc(C=NNc2nc(N3CCOCC3)nc(N3CCOCC3)n2)cc1. The van der Waals surface area contributed by atoms with Gasteiger partial charge in [-0.2, -0.15) is 20.1 Å². The fraction of sp³-hybridized carbons (Fsp3) is 0.450. The number of rotatable bonds is 6. The molecule has 2 fully saturated rings. The summed E-state index contributed by atoms with van der Waals surface area (Å²) >= 11 is 0. The zero-order chi connectivity index (χ0) is 21.5. The Morgan fingerprint density at radius 3 is 2.03 bits per heavy atom. The maximum atomic E-state index is 11.5. The lowest BCUT2D eigenvalue weighted by molar-refractivity contribution is 0.0600. The van der Waals surface area contributed by atoms with Crippen LogP contribution in [0.2, 0.25) is 0 Å². The Hall–Kier alpha value is -3.31. The predicted octanol–water partition coefficient (Wildman–Crippen LogP) is 0.777. The lowest BCUT2D eigenvalue weighted by Crippen LogP contribution is -2.40. The van der Waals surface area contributed by atoms with E-state index >= 15 is 0 Å². The average molecular weight is 427 g/mol. The summed E-state index contributed by atoms with van der Waals surface area (Å²) in [4.78, 5) is 29.4. The van der Waals surface area contributed by atoms with Crippen LogP contribution in [0.15, 0.2) is 29.4 Å². The normalized spacial score (nSPS) is 17.1. The van der Waals surface area contributed by atoms with Crippen LogP contribution in [-0.4, -0.2) is 86.9 Å². The first-order valence-electron chi connectivity index (χ1n) is 10.1. The number of benzene rings is 1. The van der Waals surface area contributed by atoms with Gasteiger partial charge in [0.25, 0.3) is 0 Å². The van der Waals surface area contributed by atoms with Crippen LogP contribution >= 0.6 is 0 Å². The summed E-state index contributed by atoms with van der Waals surface area (Å²) in [6.07, 6.45) is 1.63. The van der Waals surface area contributed by atoms with Crippen LogP contribution < -0.4 is 15.2 Å². The molecule has 0 atom stereocenters. The maximum absolute atomic E-state index is 11.5. The Bertz CT molecular complexity index is 874. The van der Waals surface area contributed by atoms with Crippen molar-refractivity contribution >= 4 is 30.0 Å². The van der Waals surface area contributed by atoms with E-state index in [9.17, 15) is 4.79 Å². The molecule has 0 spiro atoms. The molecule has 2 saturated heterocycles. The standard InChI is InChI=1S/C20H25N7O4/c1-29-17(28)16-4-2-15(3-5-16)14-21-25-18-22-19(26-6-10-30-11-7-26)24-20(23-18)27-8-12-31-13-9-27/h2-5,14H,6-13H2,1H3,(H,22,23,24,25). The quantitative estimate of drug-likeness (QED) is 0.403. The molecule has 3 heterocycles. The first-order chi connectivity index (χ1) is 15.2. The Labute approximate surface area is 180 Å². The van der Waals surface area contributed by atoms with Crippen molar-refractivity contribution in [3.05, 3.63) is 35.4 Å². The number of carbonyl (C=O) groups is 1. The third-order valence-electron chi connectivity index (χ3n) is 4.91. The highest BCUT2D eigenvalue weighted by molar-refractivity contribution is 5.90. The van der Waals surface area contributed by atoms with Crippen LogP contribution in [0.25, 0.3) is 0 Å². The van der Waals surface area contributed by atoms with Crippen LogP contribution in [0.1, 0.15) is 15.9 Å². The molecule has 1 aromatic carbocycles. The van der Waals surface area contributed by atoms with Crippen LogP contribution in [0, 0.1) is 0 Å². The Morgan fingerprint density at radius 1 is 0.968 bits per heavy atom. The lowest BCUT2D eigenvalue weighted by Gasteiger charge is -2.30. The van der Waals surface area contributed by atoms with Crippen LogP contribution in [0.3, 0.4) is 0 Å². The highest BCUT2D eigenvalue weighted by Crippen LogP contribution is 2.18. The molecular formula is C20H25N7O4. The maximum Gasteiger partial charge on any atom is 0.337 e. The van der Waals surface area contributed by atoms with Gasteiger partial charge in [-0.3, -0.25) is 0 Å². The number of aromatic nitrogens is 3. The number of morpholine rings is 2. The number of nitrogens with one attached hydrogen (secondary N) is 1. The van der Waals surface area contributed by atoms with E-state index in [0.29, 0.717) is 49.8 Å². The molecule has 11 nitrogen and oxygen atoms in total. The largest absolute Gasteiger partial charge is 0.465 e. The molecule has 0 aliphatic carbocycles. The summed E-state index contributed by atoms with van der Waals surface area (Å²) in [5.41, 5.74) is 4.20. The summed E-state index contributed by atoms with van der Waals surface area (Å²) in [5, 5.41) is 4.25. The van der Waals surface area contributed by atoms with Crippen molar-refractivity contribution in [2.45, 2.75) is 0 Å². The predicted molar refractivity (Wildman–Crippen MR) is 115 cm³/mol. The third kappa shape index (κ3) is 5.44. The van der Waals surface area contributed by atoms with Crippen molar-refractivity contribution in [2.75, 3.05) is 74.9 Å². The fourth-order valence-electron chi connectivity index (χ4n) is 3.20. The van der Waals surface area contributed by atoms with E-state index in [4.69, 9.17) is 14.2 Å². The van der Waals surface area contributed by atoms with E-state index in [1.807, 2.05) is 0 Å². The smallest absolute Gasteiger partial charge is 0.337 e. The second-order valence-corrected chi connectivity index (χ2v) is 6.94. The minimum absolute atomic E-state index is 0.361. The molecule has 1 aromatic heterocycles. The van der Waals surface area contributed by atoms with Crippen molar-refractivity contribution in [2.24, 2.45) is 5.10 Å². The number of esters is 1. The molecule has 0 bridgehead atoms. The van der Waals surface area contributed by atoms with Gasteiger partial charge >= 0.3 is 5.97 Å². The van der Waals surface area contributed by atoms with E-state index < -0.39 is 0 Å². The highest BCUT2D eigenvalue weighted by atomic mass is 16.5. The summed E-state index contributed by atoms with van der Waals surface area (Å²) < 4.78 is 15.6. The Balaban J connectivity index is 1.50. The van der Waals surface area contributed by atoms with Gasteiger partial charge in [0.15, 0.2) is 0 Å². The zero-order valence-corrected chi connectivity index (χ0v) is 17.4. The Kier molecular flexibility index (Phi) is 6.85. The molecule has 2 aliphatic rings. The van der Waals surface area contributed by atoms with Gasteiger partial charge in [0.1, 0.15) is 0 Å². The number of nitrogens with zero attached hydrogens (tertiary/aromatic N) is 6. The minimum Gasteiger partial charge on any atom is -0.465 e. The molecule has 0 radical (unpaired) electrons.